The average Bonchev–Trinajstić information content (AvgIpc) is 2.29. The number of carbonyl (C=O) groups excluding carboxylic acids is 1. The summed E-state index contributed by atoms with van der Waals surface area (Å²) in [6.45, 7) is 8.69. The van der Waals surface area contributed by atoms with E-state index in [4.69, 9.17) is 0 Å². The van der Waals surface area contributed by atoms with Crippen molar-refractivity contribution in [3.05, 3.63) is 35.4 Å². The second-order valence-corrected chi connectivity index (χ2v) is 5.25. The fraction of sp³-hybridized carbons (Fsp3) is 0.533. The SMILES string of the molecule is CCC(C)(C)c1ccc(C[C@@H](C)C=O)cc1. The minimum absolute atomic E-state index is 0.116. The highest BCUT2D eigenvalue weighted by Gasteiger charge is 2.17. The zero-order valence-corrected chi connectivity index (χ0v) is 10.8. The van der Waals surface area contributed by atoms with Crippen LogP contribution in [-0.2, 0) is 16.6 Å². The van der Waals surface area contributed by atoms with Crippen LogP contribution >= 0.6 is 0 Å². The molecule has 0 radical (unpaired) electrons. The number of carbonyl (C=O) groups is 1. The molecule has 1 heteroatoms. The van der Waals surface area contributed by atoms with Crippen molar-refractivity contribution >= 4 is 6.29 Å². The van der Waals surface area contributed by atoms with Crippen molar-refractivity contribution in [2.75, 3.05) is 0 Å². The van der Waals surface area contributed by atoms with Crippen LogP contribution < -0.4 is 0 Å². The lowest BCUT2D eigenvalue weighted by Gasteiger charge is -2.23. The Balaban J connectivity index is 2.79. The molecule has 0 unspecified atom stereocenters. The average molecular weight is 218 g/mol. The van der Waals surface area contributed by atoms with Crippen LogP contribution in [0.15, 0.2) is 24.3 Å². The van der Waals surface area contributed by atoms with E-state index >= 15 is 0 Å². The first-order valence-electron chi connectivity index (χ1n) is 6.04. The Labute approximate surface area is 98.9 Å². The molecule has 0 saturated carbocycles. The first kappa shape index (κ1) is 13.0. The summed E-state index contributed by atoms with van der Waals surface area (Å²) in [6, 6.07) is 8.67. The quantitative estimate of drug-likeness (QED) is 0.688. The zero-order chi connectivity index (χ0) is 12.2. The van der Waals surface area contributed by atoms with Crippen molar-refractivity contribution in [1.82, 2.24) is 0 Å². The monoisotopic (exact) mass is 218 g/mol. The number of rotatable bonds is 5. The smallest absolute Gasteiger partial charge is 0.123 e. The first-order chi connectivity index (χ1) is 7.49. The molecular weight excluding hydrogens is 196 g/mol. The number of hydrogen-bond acceptors (Lipinski definition) is 1. The van der Waals surface area contributed by atoms with E-state index in [2.05, 4.69) is 45.0 Å². The molecule has 0 aliphatic rings. The lowest BCUT2D eigenvalue weighted by molar-refractivity contribution is -0.110. The van der Waals surface area contributed by atoms with Crippen LogP contribution in [-0.4, -0.2) is 6.29 Å². The minimum atomic E-state index is 0.116. The largest absolute Gasteiger partial charge is 0.303 e. The van der Waals surface area contributed by atoms with Gasteiger partial charge in [0.1, 0.15) is 6.29 Å². The summed E-state index contributed by atoms with van der Waals surface area (Å²) < 4.78 is 0. The Morgan fingerprint density at radius 3 is 2.25 bits per heavy atom. The third kappa shape index (κ3) is 3.19. The lowest BCUT2D eigenvalue weighted by Crippen LogP contribution is -2.15. The van der Waals surface area contributed by atoms with Crippen LogP contribution in [0.25, 0.3) is 0 Å². The van der Waals surface area contributed by atoms with Gasteiger partial charge in [-0.15, -0.1) is 0 Å². The summed E-state index contributed by atoms with van der Waals surface area (Å²) in [5, 5.41) is 0. The van der Waals surface area contributed by atoms with Crippen molar-refractivity contribution in [2.45, 2.75) is 46.0 Å². The molecule has 0 aliphatic carbocycles. The topological polar surface area (TPSA) is 17.1 Å². The molecule has 1 aromatic carbocycles. The Hall–Kier alpha value is -1.11. The van der Waals surface area contributed by atoms with Gasteiger partial charge in [0, 0.05) is 5.92 Å². The second-order valence-electron chi connectivity index (χ2n) is 5.25. The molecule has 1 atom stereocenters. The minimum Gasteiger partial charge on any atom is -0.303 e. The summed E-state index contributed by atoms with van der Waals surface area (Å²) in [5.74, 6) is 0.116. The van der Waals surface area contributed by atoms with E-state index in [9.17, 15) is 4.79 Å². The van der Waals surface area contributed by atoms with Gasteiger partial charge in [0.25, 0.3) is 0 Å². The molecule has 1 nitrogen and oxygen atoms in total. The van der Waals surface area contributed by atoms with Crippen LogP contribution in [0.3, 0.4) is 0 Å². The van der Waals surface area contributed by atoms with Crippen LogP contribution in [0.4, 0.5) is 0 Å². The van der Waals surface area contributed by atoms with Crippen LogP contribution in [0, 0.1) is 5.92 Å². The lowest BCUT2D eigenvalue weighted by atomic mass is 9.82. The molecule has 0 heterocycles. The highest BCUT2D eigenvalue weighted by molar-refractivity contribution is 5.53. The Morgan fingerprint density at radius 1 is 1.25 bits per heavy atom. The molecule has 0 aromatic heterocycles. The predicted octanol–water partition coefficient (Wildman–Crippen LogP) is 3.75. The number of benzene rings is 1. The highest BCUT2D eigenvalue weighted by atomic mass is 16.1. The Kier molecular flexibility index (Phi) is 4.28. The van der Waals surface area contributed by atoms with Crippen LogP contribution in [0.2, 0.25) is 0 Å². The summed E-state index contributed by atoms with van der Waals surface area (Å²) in [4.78, 5) is 10.6. The van der Waals surface area contributed by atoms with Crippen molar-refractivity contribution < 1.29 is 4.79 Å². The highest BCUT2D eigenvalue weighted by Crippen LogP contribution is 2.26. The van der Waals surface area contributed by atoms with Gasteiger partial charge in [0.15, 0.2) is 0 Å². The molecule has 0 aliphatic heterocycles. The predicted molar refractivity (Wildman–Crippen MR) is 68.7 cm³/mol. The van der Waals surface area contributed by atoms with E-state index in [1.807, 2.05) is 6.92 Å². The summed E-state index contributed by atoms with van der Waals surface area (Å²) in [6.07, 6.45) is 3.00. The zero-order valence-electron chi connectivity index (χ0n) is 10.8. The first-order valence-corrected chi connectivity index (χ1v) is 6.04. The summed E-state index contributed by atoms with van der Waals surface area (Å²) in [7, 11) is 0. The summed E-state index contributed by atoms with van der Waals surface area (Å²) >= 11 is 0. The van der Waals surface area contributed by atoms with E-state index in [0.717, 1.165) is 19.1 Å². The maximum absolute atomic E-state index is 10.6. The Morgan fingerprint density at radius 2 is 1.81 bits per heavy atom. The van der Waals surface area contributed by atoms with E-state index in [0.29, 0.717) is 0 Å². The van der Waals surface area contributed by atoms with E-state index < -0.39 is 0 Å². The van der Waals surface area contributed by atoms with Gasteiger partial charge in [-0.3, -0.25) is 0 Å². The van der Waals surface area contributed by atoms with Crippen molar-refractivity contribution in [3.63, 3.8) is 0 Å². The second kappa shape index (κ2) is 5.29. The molecule has 0 saturated heterocycles. The van der Waals surface area contributed by atoms with Gasteiger partial charge in [-0.1, -0.05) is 52.0 Å². The van der Waals surface area contributed by atoms with Crippen LogP contribution in [0.5, 0.6) is 0 Å². The maximum atomic E-state index is 10.6. The molecule has 0 spiro atoms. The maximum Gasteiger partial charge on any atom is 0.123 e. The van der Waals surface area contributed by atoms with E-state index in [1.54, 1.807) is 0 Å². The van der Waals surface area contributed by atoms with Gasteiger partial charge in [-0.25, -0.2) is 0 Å². The molecular formula is C15H22O. The molecule has 0 N–H and O–H groups in total. The fourth-order valence-electron chi connectivity index (χ4n) is 1.72. The molecule has 0 amide bonds. The van der Waals surface area contributed by atoms with Crippen molar-refractivity contribution in [2.24, 2.45) is 5.92 Å². The van der Waals surface area contributed by atoms with Gasteiger partial charge in [0.05, 0.1) is 0 Å². The molecule has 0 fully saturated rings. The number of aldehydes is 1. The normalized spacial score (nSPS) is 13.5. The van der Waals surface area contributed by atoms with Gasteiger partial charge < -0.3 is 4.79 Å². The molecule has 1 rings (SSSR count). The molecule has 1 aromatic rings. The standard InChI is InChI=1S/C15H22O/c1-5-15(3,4)14-8-6-13(7-9-14)10-12(2)11-16/h6-9,11-12H,5,10H2,1-4H3/t12-/m1/s1. The molecule has 88 valence electrons. The Bertz CT molecular complexity index is 335. The number of hydrogen-bond donors (Lipinski definition) is 0. The summed E-state index contributed by atoms with van der Waals surface area (Å²) in [5.41, 5.74) is 2.86. The van der Waals surface area contributed by atoms with Crippen LogP contribution in [0.1, 0.15) is 45.2 Å². The van der Waals surface area contributed by atoms with E-state index in [-0.39, 0.29) is 11.3 Å². The van der Waals surface area contributed by atoms with Gasteiger partial charge in [0.2, 0.25) is 0 Å². The third-order valence-electron chi connectivity index (χ3n) is 3.41. The third-order valence-corrected chi connectivity index (χ3v) is 3.41. The van der Waals surface area contributed by atoms with E-state index in [1.165, 1.54) is 11.1 Å². The fourth-order valence-corrected chi connectivity index (χ4v) is 1.72. The van der Waals surface area contributed by atoms with Gasteiger partial charge >= 0.3 is 0 Å². The van der Waals surface area contributed by atoms with Crippen molar-refractivity contribution in [3.8, 4) is 0 Å². The van der Waals surface area contributed by atoms with Crippen molar-refractivity contribution in [1.29, 1.82) is 0 Å². The molecule has 16 heavy (non-hydrogen) atoms. The van der Waals surface area contributed by atoms with Gasteiger partial charge in [-0.05, 0) is 29.4 Å². The molecule has 0 bridgehead atoms. The van der Waals surface area contributed by atoms with Gasteiger partial charge in [-0.2, -0.15) is 0 Å².